The molecule has 1 amide bonds. The van der Waals surface area contributed by atoms with Crippen LogP contribution < -0.4 is 5.73 Å². The summed E-state index contributed by atoms with van der Waals surface area (Å²) in [6.07, 6.45) is 1.94. The van der Waals surface area contributed by atoms with Crippen molar-refractivity contribution in [1.82, 2.24) is 0 Å². The Morgan fingerprint density at radius 2 is 1.92 bits per heavy atom. The fourth-order valence-electron chi connectivity index (χ4n) is 0.469. The van der Waals surface area contributed by atoms with Crippen molar-refractivity contribution < 1.29 is 19.1 Å². The molecule has 0 aromatic heterocycles. The zero-order chi connectivity index (χ0) is 9.40. The summed E-state index contributed by atoms with van der Waals surface area (Å²) in [5.41, 5.74) is 4.65. The standard InChI is InChI=1S/C7H11NO4/c1-2-3-6(9)11-4-5-12-7(8)10/h2-3H,4-5H2,1H3,(H2,8,10)/b3-2+. The maximum Gasteiger partial charge on any atom is 0.404 e. The van der Waals surface area contributed by atoms with E-state index in [9.17, 15) is 9.59 Å². The number of esters is 1. The summed E-state index contributed by atoms with van der Waals surface area (Å²) in [6, 6.07) is 0. The Kier molecular flexibility index (Phi) is 5.42. The van der Waals surface area contributed by atoms with Crippen LogP contribution in [0.5, 0.6) is 0 Å². The summed E-state index contributed by atoms with van der Waals surface area (Å²) in [5.74, 6) is -0.467. The van der Waals surface area contributed by atoms with Crippen molar-refractivity contribution in [3.8, 4) is 0 Å². The number of allylic oxidation sites excluding steroid dienone is 1. The number of primary amides is 1. The van der Waals surface area contributed by atoms with Gasteiger partial charge in [0.25, 0.3) is 0 Å². The lowest BCUT2D eigenvalue weighted by Crippen LogP contribution is -2.17. The van der Waals surface area contributed by atoms with Gasteiger partial charge in [0.05, 0.1) is 0 Å². The minimum absolute atomic E-state index is 0.0153. The minimum Gasteiger partial charge on any atom is -0.459 e. The Bertz CT molecular complexity index is 188. The summed E-state index contributed by atoms with van der Waals surface area (Å²) in [6.45, 7) is 1.70. The first-order valence-electron chi connectivity index (χ1n) is 3.38. The summed E-state index contributed by atoms with van der Waals surface area (Å²) in [4.78, 5) is 20.6. The predicted molar refractivity (Wildman–Crippen MR) is 41.3 cm³/mol. The van der Waals surface area contributed by atoms with Gasteiger partial charge < -0.3 is 15.2 Å². The molecule has 0 spiro atoms. The van der Waals surface area contributed by atoms with Gasteiger partial charge in [0.1, 0.15) is 13.2 Å². The number of hydrogen-bond donors (Lipinski definition) is 1. The Hall–Kier alpha value is -1.52. The third-order valence-corrected chi connectivity index (χ3v) is 0.875. The number of nitrogens with two attached hydrogens (primary N) is 1. The molecule has 0 saturated carbocycles. The predicted octanol–water partition coefficient (Wildman–Crippen LogP) is 0.201. The van der Waals surface area contributed by atoms with E-state index in [-0.39, 0.29) is 13.2 Å². The molecule has 0 bridgehead atoms. The first-order chi connectivity index (χ1) is 5.66. The number of ether oxygens (including phenoxy) is 2. The third kappa shape index (κ3) is 6.60. The van der Waals surface area contributed by atoms with Crippen LogP contribution in [0, 0.1) is 0 Å². The fraction of sp³-hybridized carbons (Fsp3) is 0.429. The highest BCUT2D eigenvalue weighted by atomic mass is 16.6. The molecule has 5 heteroatoms. The zero-order valence-electron chi connectivity index (χ0n) is 6.78. The van der Waals surface area contributed by atoms with Crippen LogP contribution in [0.4, 0.5) is 4.79 Å². The Morgan fingerprint density at radius 1 is 1.33 bits per heavy atom. The molecule has 0 aliphatic rings. The number of carbonyl (C=O) groups excluding carboxylic acids is 2. The molecule has 0 fully saturated rings. The van der Waals surface area contributed by atoms with E-state index in [4.69, 9.17) is 0 Å². The molecule has 0 aliphatic carbocycles. The van der Waals surface area contributed by atoms with Crippen molar-refractivity contribution in [2.45, 2.75) is 6.92 Å². The van der Waals surface area contributed by atoms with Crippen LogP contribution in [0.3, 0.4) is 0 Å². The van der Waals surface area contributed by atoms with E-state index in [1.807, 2.05) is 0 Å². The normalized spacial score (nSPS) is 9.75. The third-order valence-electron chi connectivity index (χ3n) is 0.875. The van der Waals surface area contributed by atoms with Crippen LogP contribution in [0.1, 0.15) is 6.92 Å². The van der Waals surface area contributed by atoms with Crippen molar-refractivity contribution in [2.24, 2.45) is 5.73 Å². The summed E-state index contributed by atoms with van der Waals surface area (Å²) >= 11 is 0. The van der Waals surface area contributed by atoms with Crippen molar-refractivity contribution in [2.75, 3.05) is 13.2 Å². The lowest BCUT2D eigenvalue weighted by Gasteiger charge is -2.01. The average molecular weight is 173 g/mol. The number of carbonyl (C=O) groups is 2. The van der Waals surface area contributed by atoms with Gasteiger partial charge in [-0.1, -0.05) is 6.08 Å². The molecule has 2 N–H and O–H groups in total. The molecule has 0 aromatic carbocycles. The molecule has 0 radical (unpaired) electrons. The fourth-order valence-corrected chi connectivity index (χ4v) is 0.469. The summed E-state index contributed by atoms with van der Waals surface area (Å²) in [5, 5.41) is 0. The first kappa shape index (κ1) is 10.5. The zero-order valence-corrected chi connectivity index (χ0v) is 6.78. The van der Waals surface area contributed by atoms with Crippen molar-refractivity contribution in [3.05, 3.63) is 12.2 Å². The van der Waals surface area contributed by atoms with Crippen LogP contribution in [0.2, 0.25) is 0 Å². The van der Waals surface area contributed by atoms with Gasteiger partial charge in [-0.25, -0.2) is 9.59 Å². The van der Waals surface area contributed by atoms with Gasteiger partial charge in [-0.05, 0) is 6.92 Å². The van der Waals surface area contributed by atoms with E-state index in [2.05, 4.69) is 15.2 Å². The van der Waals surface area contributed by atoms with E-state index in [0.29, 0.717) is 0 Å². The van der Waals surface area contributed by atoms with Crippen molar-refractivity contribution >= 4 is 12.1 Å². The SMILES string of the molecule is C/C=C/C(=O)OCCOC(N)=O. The van der Waals surface area contributed by atoms with Gasteiger partial charge in [-0.2, -0.15) is 0 Å². The molecule has 0 rings (SSSR count). The Morgan fingerprint density at radius 3 is 2.42 bits per heavy atom. The largest absolute Gasteiger partial charge is 0.459 e. The molecular formula is C7H11NO4. The topological polar surface area (TPSA) is 78.6 Å². The van der Waals surface area contributed by atoms with E-state index in [1.54, 1.807) is 13.0 Å². The molecule has 0 heterocycles. The van der Waals surface area contributed by atoms with Gasteiger partial charge in [0.15, 0.2) is 0 Å². The van der Waals surface area contributed by atoms with Crippen LogP contribution in [0.25, 0.3) is 0 Å². The van der Waals surface area contributed by atoms with Gasteiger partial charge >= 0.3 is 12.1 Å². The molecule has 0 unspecified atom stereocenters. The number of rotatable bonds is 4. The van der Waals surface area contributed by atoms with E-state index < -0.39 is 12.1 Å². The second-order valence-electron chi connectivity index (χ2n) is 1.83. The Balaban J connectivity index is 3.31. The number of amides is 1. The maximum atomic E-state index is 10.6. The maximum absolute atomic E-state index is 10.6. The second kappa shape index (κ2) is 6.21. The average Bonchev–Trinajstić information content (AvgIpc) is 1.98. The Labute approximate surface area is 70.1 Å². The van der Waals surface area contributed by atoms with Gasteiger partial charge in [0.2, 0.25) is 0 Å². The summed E-state index contributed by atoms with van der Waals surface area (Å²) < 4.78 is 8.88. The van der Waals surface area contributed by atoms with E-state index >= 15 is 0 Å². The van der Waals surface area contributed by atoms with Crippen LogP contribution in [0.15, 0.2) is 12.2 Å². The van der Waals surface area contributed by atoms with Crippen LogP contribution in [-0.4, -0.2) is 25.3 Å². The highest BCUT2D eigenvalue weighted by Crippen LogP contribution is 1.82. The van der Waals surface area contributed by atoms with E-state index in [0.717, 1.165) is 0 Å². The first-order valence-corrected chi connectivity index (χ1v) is 3.38. The van der Waals surface area contributed by atoms with Crippen molar-refractivity contribution in [3.63, 3.8) is 0 Å². The number of hydrogen-bond acceptors (Lipinski definition) is 4. The lowest BCUT2D eigenvalue weighted by molar-refractivity contribution is -0.138. The molecule has 0 atom stereocenters. The quantitative estimate of drug-likeness (QED) is 0.374. The second-order valence-corrected chi connectivity index (χ2v) is 1.83. The monoisotopic (exact) mass is 173 g/mol. The molecule has 0 aliphatic heterocycles. The van der Waals surface area contributed by atoms with Crippen LogP contribution >= 0.6 is 0 Å². The van der Waals surface area contributed by atoms with E-state index in [1.165, 1.54) is 6.08 Å². The minimum atomic E-state index is -0.878. The van der Waals surface area contributed by atoms with Crippen LogP contribution in [-0.2, 0) is 14.3 Å². The van der Waals surface area contributed by atoms with Gasteiger partial charge in [-0.15, -0.1) is 0 Å². The highest BCUT2D eigenvalue weighted by Gasteiger charge is 1.96. The van der Waals surface area contributed by atoms with Gasteiger partial charge in [0, 0.05) is 6.08 Å². The lowest BCUT2D eigenvalue weighted by atomic mass is 10.5. The van der Waals surface area contributed by atoms with Crippen molar-refractivity contribution in [1.29, 1.82) is 0 Å². The molecule has 5 nitrogen and oxygen atoms in total. The molecule has 12 heavy (non-hydrogen) atoms. The molecule has 0 saturated heterocycles. The highest BCUT2D eigenvalue weighted by molar-refractivity contribution is 5.81. The summed E-state index contributed by atoms with van der Waals surface area (Å²) in [7, 11) is 0. The molecule has 68 valence electrons. The van der Waals surface area contributed by atoms with Gasteiger partial charge in [-0.3, -0.25) is 0 Å². The molecular weight excluding hydrogens is 162 g/mol. The molecule has 0 aromatic rings. The smallest absolute Gasteiger partial charge is 0.404 e.